The lowest BCUT2D eigenvalue weighted by Gasteiger charge is -2.11. The quantitative estimate of drug-likeness (QED) is 0.740. The van der Waals surface area contributed by atoms with E-state index in [2.05, 4.69) is 0 Å². The van der Waals surface area contributed by atoms with Crippen LogP contribution in [0, 0.1) is 0 Å². The molecular formula is C15H15ClO3S. The number of hydrogen-bond donors (Lipinski definition) is 0. The Balaban J connectivity index is 2.32. The summed E-state index contributed by atoms with van der Waals surface area (Å²) in [5.41, 5.74) is 0.565. The molecule has 2 rings (SSSR count). The highest BCUT2D eigenvalue weighted by Crippen LogP contribution is 2.31. The maximum atomic E-state index is 12.3. The zero-order valence-corrected chi connectivity index (χ0v) is 12.9. The van der Waals surface area contributed by atoms with Gasteiger partial charge in [0.05, 0.1) is 22.4 Å². The summed E-state index contributed by atoms with van der Waals surface area (Å²) in [6, 6.07) is 8.66. The number of rotatable bonds is 6. The van der Waals surface area contributed by atoms with E-state index in [-0.39, 0.29) is 5.78 Å². The Morgan fingerprint density at radius 3 is 2.40 bits per heavy atom. The smallest absolute Gasteiger partial charge is 0.203 e. The van der Waals surface area contributed by atoms with Crippen LogP contribution < -0.4 is 9.47 Å². The van der Waals surface area contributed by atoms with Crippen LogP contribution in [0.25, 0.3) is 0 Å². The highest BCUT2D eigenvalue weighted by Gasteiger charge is 2.15. The fourth-order valence-corrected chi connectivity index (χ4v) is 2.78. The molecule has 0 bridgehead atoms. The van der Waals surface area contributed by atoms with Gasteiger partial charge in [-0.25, -0.2) is 0 Å². The number of ether oxygens (including phenoxy) is 2. The van der Waals surface area contributed by atoms with Crippen molar-refractivity contribution in [2.75, 3.05) is 13.2 Å². The number of carbonyl (C=O) groups excluding carboxylic acids is 1. The summed E-state index contributed by atoms with van der Waals surface area (Å²) in [4.78, 5) is 13.0. The average Bonchev–Trinajstić information content (AvgIpc) is 2.87. The van der Waals surface area contributed by atoms with Gasteiger partial charge >= 0.3 is 0 Å². The van der Waals surface area contributed by atoms with Gasteiger partial charge in [-0.2, -0.15) is 0 Å². The second kappa shape index (κ2) is 6.77. The molecule has 0 aliphatic rings. The van der Waals surface area contributed by atoms with Crippen molar-refractivity contribution < 1.29 is 14.3 Å². The predicted molar refractivity (Wildman–Crippen MR) is 81.5 cm³/mol. The van der Waals surface area contributed by atoms with Gasteiger partial charge in [-0.1, -0.05) is 11.6 Å². The first-order valence-electron chi connectivity index (χ1n) is 6.35. The standard InChI is InChI=1S/C15H15ClO3S/c1-3-18-11-6-5-10(9-12(11)19-4-2)15(17)13-7-8-14(16)20-13/h5-9H,3-4H2,1-2H3. The number of ketones is 1. The van der Waals surface area contributed by atoms with Crippen molar-refractivity contribution in [1.82, 2.24) is 0 Å². The first kappa shape index (κ1) is 14.9. The minimum Gasteiger partial charge on any atom is -0.490 e. The second-order valence-corrected chi connectivity index (χ2v) is 5.68. The molecule has 0 aliphatic carbocycles. The number of benzene rings is 1. The molecule has 1 heterocycles. The van der Waals surface area contributed by atoms with E-state index in [0.29, 0.717) is 39.5 Å². The summed E-state index contributed by atoms with van der Waals surface area (Å²) in [5.74, 6) is 1.17. The summed E-state index contributed by atoms with van der Waals surface area (Å²) in [6.45, 7) is 4.86. The Morgan fingerprint density at radius 2 is 1.80 bits per heavy atom. The molecule has 3 nitrogen and oxygen atoms in total. The lowest BCUT2D eigenvalue weighted by molar-refractivity contribution is 0.104. The van der Waals surface area contributed by atoms with Gasteiger partial charge in [0, 0.05) is 5.56 Å². The monoisotopic (exact) mass is 310 g/mol. The molecule has 0 atom stereocenters. The summed E-state index contributed by atoms with van der Waals surface area (Å²) in [6.07, 6.45) is 0. The highest BCUT2D eigenvalue weighted by atomic mass is 35.5. The fraction of sp³-hybridized carbons (Fsp3) is 0.267. The number of hydrogen-bond acceptors (Lipinski definition) is 4. The van der Waals surface area contributed by atoms with E-state index >= 15 is 0 Å². The third kappa shape index (κ3) is 3.32. The molecule has 5 heteroatoms. The van der Waals surface area contributed by atoms with Crippen LogP contribution >= 0.6 is 22.9 Å². The number of carbonyl (C=O) groups is 1. The Labute approximate surface area is 127 Å². The Morgan fingerprint density at radius 1 is 1.10 bits per heavy atom. The first-order valence-corrected chi connectivity index (χ1v) is 7.54. The van der Waals surface area contributed by atoms with Gasteiger partial charge in [0.1, 0.15) is 0 Å². The summed E-state index contributed by atoms with van der Waals surface area (Å²) in [5, 5.41) is 0. The highest BCUT2D eigenvalue weighted by molar-refractivity contribution is 7.18. The fourth-order valence-electron chi connectivity index (χ4n) is 1.77. The van der Waals surface area contributed by atoms with Crippen LogP contribution in [0.15, 0.2) is 30.3 Å². The third-order valence-corrected chi connectivity index (χ3v) is 3.83. The molecule has 0 fully saturated rings. The van der Waals surface area contributed by atoms with E-state index in [0.717, 1.165) is 0 Å². The van der Waals surface area contributed by atoms with Crippen molar-refractivity contribution >= 4 is 28.7 Å². The minimum absolute atomic E-state index is 0.0640. The molecule has 0 aliphatic heterocycles. The molecule has 1 aromatic heterocycles. The molecule has 0 amide bonds. The van der Waals surface area contributed by atoms with Gasteiger partial charge in [0.25, 0.3) is 0 Å². The van der Waals surface area contributed by atoms with Crippen LogP contribution in [0.4, 0.5) is 0 Å². The molecule has 0 saturated heterocycles. The van der Waals surface area contributed by atoms with Gasteiger partial charge in [-0.15, -0.1) is 11.3 Å². The predicted octanol–water partition coefficient (Wildman–Crippen LogP) is 4.43. The summed E-state index contributed by atoms with van der Waals surface area (Å²) in [7, 11) is 0. The summed E-state index contributed by atoms with van der Waals surface area (Å²) >= 11 is 7.13. The van der Waals surface area contributed by atoms with Crippen molar-refractivity contribution in [3.63, 3.8) is 0 Å². The number of halogens is 1. The average molecular weight is 311 g/mol. The zero-order valence-electron chi connectivity index (χ0n) is 11.3. The van der Waals surface area contributed by atoms with Crippen LogP contribution in [0.1, 0.15) is 29.1 Å². The third-order valence-electron chi connectivity index (χ3n) is 2.60. The van der Waals surface area contributed by atoms with Crippen LogP contribution in [-0.2, 0) is 0 Å². The van der Waals surface area contributed by atoms with Gasteiger partial charge in [-0.3, -0.25) is 4.79 Å². The van der Waals surface area contributed by atoms with Crippen molar-refractivity contribution in [2.24, 2.45) is 0 Å². The zero-order chi connectivity index (χ0) is 14.5. The van der Waals surface area contributed by atoms with Crippen LogP contribution in [0.5, 0.6) is 11.5 Å². The SMILES string of the molecule is CCOc1ccc(C(=O)c2ccc(Cl)s2)cc1OCC. The van der Waals surface area contributed by atoms with Crippen molar-refractivity contribution in [3.8, 4) is 11.5 Å². The van der Waals surface area contributed by atoms with Gasteiger partial charge in [0.15, 0.2) is 11.5 Å². The van der Waals surface area contributed by atoms with E-state index in [4.69, 9.17) is 21.1 Å². The van der Waals surface area contributed by atoms with Crippen molar-refractivity contribution in [3.05, 3.63) is 45.1 Å². The topological polar surface area (TPSA) is 35.5 Å². The normalized spacial score (nSPS) is 10.3. The molecule has 0 N–H and O–H groups in total. The first-order chi connectivity index (χ1) is 9.65. The van der Waals surface area contributed by atoms with Crippen LogP contribution in [-0.4, -0.2) is 19.0 Å². The largest absolute Gasteiger partial charge is 0.490 e. The van der Waals surface area contributed by atoms with E-state index in [9.17, 15) is 4.79 Å². The molecule has 0 saturated carbocycles. The molecule has 0 radical (unpaired) electrons. The maximum Gasteiger partial charge on any atom is 0.203 e. The number of thiophene rings is 1. The Hall–Kier alpha value is -1.52. The Bertz CT molecular complexity index is 607. The van der Waals surface area contributed by atoms with Crippen molar-refractivity contribution in [2.45, 2.75) is 13.8 Å². The second-order valence-electron chi connectivity index (χ2n) is 3.96. The van der Waals surface area contributed by atoms with E-state index < -0.39 is 0 Å². The lowest BCUT2D eigenvalue weighted by atomic mass is 10.1. The van der Waals surface area contributed by atoms with Gasteiger partial charge in [-0.05, 0) is 44.2 Å². The van der Waals surface area contributed by atoms with Crippen LogP contribution in [0.2, 0.25) is 4.34 Å². The van der Waals surface area contributed by atoms with Gasteiger partial charge in [0.2, 0.25) is 5.78 Å². The van der Waals surface area contributed by atoms with Crippen molar-refractivity contribution in [1.29, 1.82) is 0 Å². The van der Waals surface area contributed by atoms with Gasteiger partial charge < -0.3 is 9.47 Å². The lowest BCUT2D eigenvalue weighted by Crippen LogP contribution is -2.03. The molecular weight excluding hydrogens is 296 g/mol. The minimum atomic E-state index is -0.0640. The van der Waals surface area contributed by atoms with E-state index in [1.54, 1.807) is 30.3 Å². The Kier molecular flexibility index (Phi) is 5.04. The maximum absolute atomic E-state index is 12.3. The molecule has 20 heavy (non-hydrogen) atoms. The van der Waals surface area contributed by atoms with E-state index in [1.807, 2.05) is 13.8 Å². The molecule has 106 valence electrons. The summed E-state index contributed by atoms with van der Waals surface area (Å²) < 4.78 is 11.6. The molecule has 0 spiro atoms. The molecule has 2 aromatic rings. The molecule has 0 unspecified atom stereocenters. The van der Waals surface area contributed by atoms with Crippen LogP contribution in [0.3, 0.4) is 0 Å². The van der Waals surface area contributed by atoms with E-state index in [1.165, 1.54) is 11.3 Å². The molecule has 1 aromatic carbocycles.